The molecule has 0 saturated heterocycles. The molecule has 8 nitrogen and oxygen atoms in total. The lowest BCUT2D eigenvalue weighted by Crippen LogP contribution is -2.53. The normalized spacial score (nSPS) is 14.6. The number of alkyl carbamates (subject to hydrolysis) is 2. The van der Waals surface area contributed by atoms with Crippen LogP contribution in [0.5, 0.6) is 0 Å². The van der Waals surface area contributed by atoms with Crippen molar-refractivity contribution in [3.8, 4) is 0 Å². The van der Waals surface area contributed by atoms with E-state index in [9.17, 15) is 9.59 Å². The fourth-order valence-electron chi connectivity index (χ4n) is 5.35. The first-order valence-corrected chi connectivity index (χ1v) is 18.0. The fourth-order valence-corrected chi connectivity index (χ4v) is 6.14. The number of carbonyl (C=O) groups is 2. The molecular weight excluding hydrogens is 582 g/mol. The van der Waals surface area contributed by atoms with Gasteiger partial charge in [-0.15, -0.1) is 0 Å². The van der Waals surface area contributed by atoms with Crippen LogP contribution >= 0.6 is 0 Å². The number of carbonyl (C=O) groups excluding carboxylic acids is 2. The second-order valence-corrected chi connectivity index (χ2v) is 15.8. The molecule has 0 spiro atoms. The second-order valence-electron chi connectivity index (χ2n) is 13.7. The molecule has 1 unspecified atom stereocenters. The third-order valence-electron chi connectivity index (χ3n) is 7.32. The maximum absolute atomic E-state index is 13.4. The van der Waals surface area contributed by atoms with E-state index in [2.05, 4.69) is 61.6 Å². The van der Waals surface area contributed by atoms with Crippen molar-refractivity contribution in [3.63, 3.8) is 0 Å². The van der Waals surface area contributed by atoms with Gasteiger partial charge < -0.3 is 24.5 Å². The van der Waals surface area contributed by atoms with E-state index in [1.165, 1.54) is 0 Å². The lowest BCUT2D eigenvalue weighted by atomic mass is 9.70. The zero-order chi connectivity index (χ0) is 33.0. The maximum atomic E-state index is 13.4. The number of benzene rings is 2. The van der Waals surface area contributed by atoms with Crippen molar-refractivity contribution in [2.45, 2.75) is 97.9 Å². The van der Waals surface area contributed by atoms with Gasteiger partial charge in [-0.1, -0.05) is 87.5 Å². The second kappa shape index (κ2) is 16.6. The molecule has 1 radical (unpaired) electrons. The van der Waals surface area contributed by atoms with Crippen molar-refractivity contribution in [1.29, 1.82) is 0 Å². The van der Waals surface area contributed by atoms with E-state index in [1.54, 1.807) is 12.4 Å². The Hall–Kier alpha value is -3.69. The molecular formula is C36H50N3O5Si. The number of nitrogens with zero attached hydrogens (tertiary/aromatic N) is 1. The van der Waals surface area contributed by atoms with Gasteiger partial charge in [0.15, 0.2) is 0 Å². The monoisotopic (exact) mass is 632 g/mol. The Morgan fingerprint density at radius 1 is 0.822 bits per heavy atom. The van der Waals surface area contributed by atoms with Crippen LogP contribution in [-0.4, -0.2) is 43.9 Å². The highest BCUT2D eigenvalue weighted by Gasteiger charge is 2.41. The van der Waals surface area contributed by atoms with Crippen LogP contribution in [0.3, 0.4) is 0 Å². The van der Waals surface area contributed by atoms with Crippen molar-refractivity contribution < 1.29 is 23.5 Å². The molecule has 2 aromatic carbocycles. The molecule has 1 heterocycles. The summed E-state index contributed by atoms with van der Waals surface area (Å²) in [7, 11) is -1.19. The number of amides is 2. The lowest BCUT2D eigenvalue weighted by Gasteiger charge is -2.43. The van der Waals surface area contributed by atoms with Crippen LogP contribution in [0.1, 0.15) is 70.8 Å². The molecule has 243 valence electrons. The molecule has 2 amide bonds. The van der Waals surface area contributed by atoms with Crippen LogP contribution in [0.25, 0.3) is 0 Å². The number of ether oxygens (including phenoxy) is 2. The highest BCUT2D eigenvalue weighted by Crippen LogP contribution is 2.40. The van der Waals surface area contributed by atoms with E-state index in [0.29, 0.717) is 12.8 Å². The zero-order valence-electron chi connectivity index (χ0n) is 28.0. The van der Waals surface area contributed by atoms with Crippen molar-refractivity contribution in [2.75, 3.05) is 0 Å². The van der Waals surface area contributed by atoms with E-state index in [0.717, 1.165) is 16.7 Å². The SMILES string of the molecule is C[Si](C)OC(c1ccccc1)[C@@H](NC(=O)OC(C)(C)C)[C@@H](C[C@@H](Cc1ccccc1)NC(=O)OCc1cccnc1)C(C)(C)C. The van der Waals surface area contributed by atoms with Crippen LogP contribution < -0.4 is 10.6 Å². The number of pyridine rings is 1. The Balaban J connectivity index is 2.00. The van der Waals surface area contributed by atoms with Crippen LogP contribution in [-0.2, 0) is 26.9 Å². The molecule has 0 bridgehead atoms. The predicted octanol–water partition coefficient (Wildman–Crippen LogP) is 7.87. The van der Waals surface area contributed by atoms with Crippen molar-refractivity contribution in [1.82, 2.24) is 15.6 Å². The van der Waals surface area contributed by atoms with Gasteiger partial charge in [-0.25, -0.2) is 9.59 Å². The van der Waals surface area contributed by atoms with Crippen LogP contribution in [0.15, 0.2) is 85.2 Å². The first kappa shape index (κ1) is 35.8. The summed E-state index contributed by atoms with van der Waals surface area (Å²) in [4.78, 5) is 30.7. The smallest absolute Gasteiger partial charge is 0.407 e. The van der Waals surface area contributed by atoms with Gasteiger partial charge in [0.25, 0.3) is 0 Å². The Kier molecular flexibility index (Phi) is 13.2. The summed E-state index contributed by atoms with van der Waals surface area (Å²) in [6.45, 7) is 16.3. The van der Waals surface area contributed by atoms with E-state index in [1.807, 2.05) is 81.4 Å². The van der Waals surface area contributed by atoms with Gasteiger partial charge in [0, 0.05) is 24.0 Å². The van der Waals surface area contributed by atoms with Gasteiger partial charge in [-0.05, 0) is 75.2 Å². The van der Waals surface area contributed by atoms with Crippen LogP contribution in [0.2, 0.25) is 13.1 Å². The summed E-state index contributed by atoms with van der Waals surface area (Å²) >= 11 is 0. The molecule has 0 aliphatic carbocycles. The molecule has 4 atom stereocenters. The van der Waals surface area contributed by atoms with Crippen LogP contribution in [0, 0.1) is 11.3 Å². The predicted molar refractivity (Wildman–Crippen MR) is 180 cm³/mol. The van der Waals surface area contributed by atoms with Gasteiger partial charge in [-0.2, -0.15) is 0 Å². The lowest BCUT2D eigenvalue weighted by molar-refractivity contribution is 0.0243. The van der Waals surface area contributed by atoms with Gasteiger partial charge >= 0.3 is 12.2 Å². The zero-order valence-corrected chi connectivity index (χ0v) is 29.0. The Bertz CT molecular complexity index is 1310. The van der Waals surface area contributed by atoms with E-state index in [4.69, 9.17) is 13.9 Å². The molecule has 2 N–H and O–H groups in total. The van der Waals surface area contributed by atoms with Gasteiger partial charge in [-0.3, -0.25) is 4.98 Å². The van der Waals surface area contributed by atoms with E-state index >= 15 is 0 Å². The number of hydrogen-bond donors (Lipinski definition) is 2. The topological polar surface area (TPSA) is 98.8 Å². The molecule has 3 rings (SSSR count). The van der Waals surface area contributed by atoms with Crippen LogP contribution in [0.4, 0.5) is 9.59 Å². The molecule has 9 heteroatoms. The quantitative estimate of drug-likeness (QED) is 0.186. The first-order chi connectivity index (χ1) is 21.2. The maximum Gasteiger partial charge on any atom is 0.407 e. The largest absolute Gasteiger partial charge is 0.445 e. The molecule has 0 fully saturated rings. The molecule has 45 heavy (non-hydrogen) atoms. The molecule has 0 aliphatic heterocycles. The summed E-state index contributed by atoms with van der Waals surface area (Å²) in [6, 6.07) is 23.0. The minimum absolute atomic E-state index is 0.116. The minimum atomic E-state index is -1.19. The van der Waals surface area contributed by atoms with Crippen molar-refractivity contribution in [2.24, 2.45) is 11.3 Å². The summed E-state index contributed by atoms with van der Waals surface area (Å²) < 4.78 is 18.1. The van der Waals surface area contributed by atoms with Gasteiger partial charge in [0.2, 0.25) is 9.04 Å². The Labute approximate surface area is 271 Å². The Morgan fingerprint density at radius 2 is 1.44 bits per heavy atom. The summed E-state index contributed by atoms with van der Waals surface area (Å²) in [5, 5.41) is 6.38. The highest BCUT2D eigenvalue weighted by atomic mass is 28.3. The van der Waals surface area contributed by atoms with Crippen molar-refractivity contribution in [3.05, 3.63) is 102 Å². The first-order valence-electron chi connectivity index (χ1n) is 15.6. The van der Waals surface area contributed by atoms with Gasteiger partial charge in [0.1, 0.15) is 12.2 Å². The number of nitrogens with one attached hydrogen (secondary N) is 2. The van der Waals surface area contributed by atoms with E-state index in [-0.39, 0.29) is 24.0 Å². The fraction of sp³-hybridized carbons (Fsp3) is 0.472. The average molecular weight is 633 g/mol. The highest BCUT2D eigenvalue weighted by molar-refractivity contribution is 6.48. The molecule has 3 aromatic rings. The summed E-state index contributed by atoms with van der Waals surface area (Å²) in [5.41, 5.74) is 1.89. The molecule has 1 aromatic heterocycles. The summed E-state index contributed by atoms with van der Waals surface area (Å²) in [5.74, 6) is -0.149. The third kappa shape index (κ3) is 12.7. The van der Waals surface area contributed by atoms with Crippen molar-refractivity contribution >= 4 is 21.2 Å². The third-order valence-corrected chi connectivity index (χ3v) is 8.05. The number of aromatic nitrogens is 1. The molecule has 0 aliphatic rings. The average Bonchev–Trinajstić information content (AvgIpc) is 2.96. The van der Waals surface area contributed by atoms with E-state index < -0.39 is 39.0 Å². The number of hydrogen-bond acceptors (Lipinski definition) is 6. The Morgan fingerprint density at radius 3 is 2.00 bits per heavy atom. The minimum Gasteiger partial charge on any atom is -0.445 e. The van der Waals surface area contributed by atoms with Gasteiger partial charge in [0.05, 0.1) is 12.1 Å². The number of rotatable bonds is 13. The standard InChI is InChI=1S/C36H50N3O5Si/c1-35(2,3)30(31(39-34(41)43-36(4,5)6)32(44-45(7)8)28-19-13-10-14-20-28)23-29(22-26-16-11-9-12-17-26)38-33(40)42-25-27-18-15-21-37-24-27/h9-21,24,29-32H,22-23,25H2,1-8H3,(H,38,40)(H,39,41)/t29-,30-,31+,32?/m1/s1. The molecule has 0 saturated carbocycles. The summed E-state index contributed by atoms with van der Waals surface area (Å²) in [6.07, 6.45) is 3.05.